The Morgan fingerprint density at radius 2 is 1.79 bits per heavy atom. The minimum atomic E-state index is -4.41. The molecule has 1 amide bonds. The maximum Gasteiger partial charge on any atom is 0.397 e. The van der Waals surface area contributed by atoms with Crippen LogP contribution in [0, 0.1) is 18.3 Å². The van der Waals surface area contributed by atoms with Gasteiger partial charge in [0.15, 0.2) is 5.82 Å². The van der Waals surface area contributed by atoms with Gasteiger partial charge in [0.25, 0.3) is 5.91 Å². The zero-order valence-electron chi connectivity index (χ0n) is 27.1. The first-order chi connectivity index (χ1) is 20.1. The molecule has 0 aliphatic carbocycles. The highest BCUT2D eigenvalue weighted by Crippen LogP contribution is 2.39. The van der Waals surface area contributed by atoms with E-state index in [1.54, 1.807) is 23.0 Å². The molecule has 240 valence electrons. The average Bonchev–Trinajstić information content (AvgIpc) is 3.63. The van der Waals surface area contributed by atoms with Crippen LogP contribution in [0.15, 0.2) is 35.5 Å². The number of aromatic nitrogens is 5. The second kappa shape index (κ2) is 14.5. The number of amides is 1. The Bertz CT molecular complexity index is 1350. The van der Waals surface area contributed by atoms with E-state index in [1.807, 2.05) is 47.9 Å². The topological polar surface area (TPSA) is 90.1 Å². The van der Waals surface area contributed by atoms with E-state index in [0.717, 1.165) is 37.4 Å². The molecule has 0 bridgehead atoms. The van der Waals surface area contributed by atoms with E-state index in [4.69, 9.17) is 9.72 Å². The number of rotatable bonds is 8. The summed E-state index contributed by atoms with van der Waals surface area (Å²) in [5.41, 5.74) is -1.05. The molecule has 9 nitrogen and oxygen atoms in total. The number of ether oxygens (including phenoxy) is 1. The Balaban J connectivity index is 0.00000155. The summed E-state index contributed by atoms with van der Waals surface area (Å²) in [6.45, 7) is 18.6. The van der Waals surface area contributed by atoms with E-state index in [0.29, 0.717) is 23.1 Å². The lowest BCUT2D eigenvalue weighted by Gasteiger charge is -2.34. The van der Waals surface area contributed by atoms with Crippen LogP contribution in [0.1, 0.15) is 84.8 Å². The zero-order chi connectivity index (χ0) is 32.8. The van der Waals surface area contributed by atoms with Gasteiger partial charge in [0.1, 0.15) is 12.4 Å². The van der Waals surface area contributed by atoms with Crippen molar-refractivity contribution >= 4 is 23.7 Å². The lowest BCUT2D eigenvalue weighted by atomic mass is 9.94. The van der Waals surface area contributed by atoms with E-state index < -0.39 is 18.2 Å². The molecule has 1 saturated heterocycles. The number of alkyl halides is 3. The number of hydrogen-bond acceptors (Lipinski definition) is 7. The second-order valence-corrected chi connectivity index (χ2v) is 12.2. The SMILES string of the molecule is CC.CC.Cc1nn(C)cc1SNC(=O)c1ccc(-n2ccc(OCC(C)(C)C(F)(F)F)n2)nc1N1CC(C)CC1(C)C. The Morgan fingerprint density at radius 1 is 1.14 bits per heavy atom. The smallest absolute Gasteiger partial charge is 0.397 e. The highest BCUT2D eigenvalue weighted by atomic mass is 32.2. The molecule has 1 aliphatic heterocycles. The highest BCUT2D eigenvalue weighted by Gasteiger charge is 2.48. The summed E-state index contributed by atoms with van der Waals surface area (Å²) >= 11 is 1.19. The summed E-state index contributed by atoms with van der Waals surface area (Å²) in [4.78, 5) is 21.1. The summed E-state index contributed by atoms with van der Waals surface area (Å²) in [6.07, 6.45) is -0.0734. The molecule has 1 unspecified atom stereocenters. The minimum absolute atomic E-state index is 0.0517. The van der Waals surface area contributed by atoms with Gasteiger partial charge in [0, 0.05) is 37.6 Å². The Morgan fingerprint density at radius 3 is 2.33 bits per heavy atom. The molecule has 4 heterocycles. The van der Waals surface area contributed by atoms with Crippen LogP contribution < -0.4 is 14.4 Å². The van der Waals surface area contributed by atoms with Crippen molar-refractivity contribution in [1.29, 1.82) is 0 Å². The number of carbonyl (C=O) groups excluding carboxylic acids is 1. The standard InChI is InChI=1S/C26H34F3N7O2S.2C2H6/c1-16-12-25(5,6)35(13-16)22-18(23(37)33-39-19-14-34(7)31-17(19)2)8-9-20(30-22)36-11-10-21(32-36)38-15-24(3,4)26(27,28)29;2*1-2/h8-11,14,16H,12-13,15H2,1-7H3,(H,33,37);2*1-2H3. The van der Waals surface area contributed by atoms with Crippen molar-refractivity contribution in [3.05, 3.63) is 41.9 Å². The fourth-order valence-corrected chi connectivity index (χ4v) is 5.30. The summed E-state index contributed by atoms with van der Waals surface area (Å²) in [5.74, 6) is 1.08. The van der Waals surface area contributed by atoms with Gasteiger partial charge in [0.2, 0.25) is 5.88 Å². The molecule has 3 aromatic heterocycles. The van der Waals surface area contributed by atoms with E-state index in [9.17, 15) is 18.0 Å². The molecule has 13 heteroatoms. The molecule has 43 heavy (non-hydrogen) atoms. The molecule has 1 N–H and O–H groups in total. The normalized spacial score (nSPS) is 16.1. The zero-order valence-corrected chi connectivity index (χ0v) is 27.9. The summed E-state index contributed by atoms with van der Waals surface area (Å²) in [5, 5.41) is 8.58. The van der Waals surface area contributed by atoms with Gasteiger partial charge in [-0.3, -0.25) is 14.2 Å². The fraction of sp³-hybridized carbons (Fsp3) is 0.600. The number of pyridine rings is 1. The molecule has 1 fully saturated rings. The van der Waals surface area contributed by atoms with Crippen LogP contribution in [0.25, 0.3) is 5.82 Å². The van der Waals surface area contributed by atoms with Crippen LogP contribution in [0.2, 0.25) is 0 Å². The molecular weight excluding hydrogens is 579 g/mol. The maximum atomic E-state index is 13.4. The molecule has 0 spiro atoms. The summed E-state index contributed by atoms with van der Waals surface area (Å²) < 4.78 is 51.0. The van der Waals surface area contributed by atoms with Crippen LogP contribution in [-0.2, 0) is 7.05 Å². The quantitative estimate of drug-likeness (QED) is 0.261. The fourth-order valence-electron chi connectivity index (χ4n) is 4.59. The Hall–Kier alpha value is -3.22. The van der Waals surface area contributed by atoms with Crippen LogP contribution in [0.3, 0.4) is 0 Å². The largest absolute Gasteiger partial charge is 0.476 e. The van der Waals surface area contributed by atoms with Crippen LogP contribution in [0.4, 0.5) is 19.0 Å². The summed E-state index contributed by atoms with van der Waals surface area (Å²) in [7, 11) is 1.82. The average molecular weight is 626 g/mol. The van der Waals surface area contributed by atoms with Gasteiger partial charge in [-0.05, 0) is 71.0 Å². The molecule has 1 aliphatic rings. The van der Waals surface area contributed by atoms with Crippen LogP contribution >= 0.6 is 11.9 Å². The van der Waals surface area contributed by atoms with Crippen molar-refractivity contribution in [1.82, 2.24) is 29.3 Å². The number of anilines is 1. The third-order valence-corrected chi connectivity index (χ3v) is 7.71. The molecule has 3 aromatic rings. The van der Waals surface area contributed by atoms with Gasteiger partial charge in [0.05, 0.1) is 21.6 Å². The molecule has 0 aromatic carbocycles. The monoisotopic (exact) mass is 625 g/mol. The van der Waals surface area contributed by atoms with Crippen molar-refractivity contribution in [2.24, 2.45) is 18.4 Å². The van der Waals surface area contributed by atoms with Crippen LogP contribution in [-0.4, -0.2) is 55.3 Å². The molecule has 4 rings (SSSR count). The first-order valence-corrected chi connectivity index (χ1v) is 15.4. The third kappa shape index (κ3) is 8.67. The highest BCUT2D eigenvalue weighted by molar-refractivity contribution is 7.98. The maximum absolute atomic E-state index is 13.4. The predicted molar refractivity (Wildman–Crippen MR) is 166 cm³/mol. The van der Waals surface area contributed by atoms with Crippen LogP contribution in [0.5, 0.6) is 5.88 Å². The van der Waals surface area contributed by atoms with Gasteiger partial charge >= 0.3 is 6.18 Å². The molecule has 0 saturated carbocycles. The number of hydrogen-bond donors (Lipinski definition) is 1. The predicted octanol–water partition coefficient (Wildman–Crippen LogP) is 7.39. The lowest BCUT2D eigenvalue weighted by molar-refractivity contribution is -0.219. The first-order valence-electron chi connectivity index (χ1n) is 14.6. The van der Waals surface area contributed by atoms with Crippen molar-refractivity contribution < 1.29 is 22.7 Å². The first kappa shape index (κ1) is 36.0. The number of carbonyl (C=O) groups is 1. The Labute approximate surface area is 257 Å². The van der Waals surface area contributed by atoms with Crippen molar-refractivity contribution in [3.63, 3.8) is 0 Å². The Kier molecular flexibility index (Phi) is 12.1. The van der Waals surface area contributed by atoms with Crippen molar-refractivity contribution in [2.45, 2.75) is 92.3 Å². The van der Waals surface area contributed by atoms with Gasteiger partial charge in [-0.15, -0.1) is 5.10 Å². The van der Waals surface area contributed by atoms with E-state index in [-0.39, 0.29) is 17.3 Å². The second-order valence-electron chi connectivity index (χ2n) is 11.3. The summed E-state index contributed by atoms with van der Waals surface area (Å²) in [6, 6.07) is 4.84. The molecule has 0 radical (unpaired) electrons. The minimum Gasteiger partial charge on any atom is -0.476 e. The van der Waals surface area contributed by atoms with Gasteiger partial charge in [-0.2, -0.15) is 18.3 Å². The number of nitrogens with zero attached hydrogens (tertiary/aromatic N) is 6. The number of halogens is 3. The molecule has 1 atom stereocenters. The lowest BCUT2D eigenvalue weighted by Crippen LogP contribution is -2.40. The van der Waals surface area contributed by atoms with Crippen molar-refractivity contribution in [2.75, 3.05) is 18.1 Å². The number of aryl methyl sites for hydroxylation is 2. The van der Waals surface area contributed by atoms with E-state index in [2.05, 4.69) is 40.6 Å². The van der Waals surface area contributed by atoms with Gasteiger partial charge in [-0.25, -0.2) is 9.67 Å². The van der Waals surface area contributed by atoms with E-state index >= 15 is 0 Å². The number of nitrogens with one attached hydrogen (secondary N) is 1. The van der Waals surface area contributed by atoms with Gasteiger partial charge in [-0.1, -0.05) is 34.6 Å². The van der Waals surface area contributed by atoms with E-state index in [1.165, 1.54) is 22.7 Å². The van der Waals surface area contributed by atoms with Gasteiger partial charge < -0.3 is 9.64 Å². The third-order valence-electron chi connectivity index (χ3n) is 6.80. The van der Waals surface area contributed by atoms with Crippen molar-refractivity contribution in [3.8, 4) is 11.7 Å². The molecular formula is C30H46F3N7O2S.